The van der Waals surface area contributed by atoms with Crippen molar-refractivity contribution in [2.45, 2.75) is 16.1 Å². The van der Waals surface area contributed by atoms with Crippen molar-refractivity contribution in [1.82, 2.24) is 0 Å². The van der Waals surface area contributed by atoms with Crippen LogP contribution < -0.4 is 0 Å². The van der Waals surface area contributed by atoms with E-state index in [1.165, 1.54) is 0 Å². The Morgan fingerprint density at radius 2 is 1.71 bits per heavy atom. The van der Waals surface area contributed by atoms with Crippen LogP contribution in [0.4, 0.5) is 5.69 Å². The number of nitro groups is 2. The number of benzene rings is 1. The molecule has 0 radical (unpaired) electrons. The lowest BCUT2D eigenvalue weighted by molar-refractivity contribution is -0.419. The number of hydrogen-bond acceptors (Lipinski definition) is 8. The van der Waals surface area contributed by atoms with Crippen LogP contribution in [0.25, 0.3) is 6.08 Å². The van der Waals surface area contributed by atoms with Crippen LogP contribution in [-0.2, 0) is 20.2 Å². The van der Waals surface area contributed by atoms with Gasteiger partial charge in [-0.25, -0.2) is 0 Å². The van der Waals surface area contributed by atoms with Gasteiger partial charge in [0.1, 0.15) is 9.64 Å². The minimum atomic E-state index is -4.90. The zero-order chi connectivity index (χ0) is 21.3. The number of nitrogens with zero attached hydrogens (tertiary/aromatic N) is 2. The second kappa shape index (κ2) is 7.23. The van der Waals surface area contributed by atoms with E-state index in [9.17, 15) is 46.2 Å². The van der Waals surface area contributed by atoms with Gasteiger partial charge < -0.3 is 0 Å². The van der Waals surface area contributed by atoms with Crippen LogP contribution in [0.2, 0.25) is 0 Å². The van der Waals surface area contributed by atoms with Crippen LogP contribution in [-0.4, -0.2) is 40.5 Å². The molecule has 1 unspecified atom stereocenters. The monoisotopic (exact) mass is 432 g/mol. The summed E-state index contributed by atoms with van der Waals surface area (Å²) >= 11 is 0. The Hall–Kier alpha value is -2.94. The topological polar surface area (TPSA) is 195 Å². The highest BCUT2D eigenvalue weighted by Crippen LogP contribution is 2.32. The zero-order valence-corrected chi connectivity index (χ0v) is 15.3. The molecule has 0 bridgehead atoms. The van der Waals surface area contributed by atoms with Gasteiger partial charge in [0.2, 0.25) is 0 Å². The summed E-state index contributed by atoms with van der Waals surface area (Å²) in [5.41, 5.74) is -1.33. The molecule has 0 fully saturated rings. The Morgan fingerprint density at radius 1 is 1.07 bits per heavy atom. The van der Waals surface area contributed by atoms with Gasteiger partial charge in [0, 0.05) is 24.6 Å². The SMILES string of the molecule is O=[N+]([O-])C1=CCC(C=Cc2ccc([N+](=O)[O-])cc2S(=O)(=O)O)(S(=O)(=O)O)C=C1. The van der Waals surface area contributed by atoms with Crippen LogP contribution in [0.5, 0.6) is 0 Å². The van der Waals surface area contributed by atoms with Gasteiger partial charge in [0.05, 0.1) is 9.85 Å². The van der Waals surface area contributed by atoms with Gasteiger partial charge >= 0.3 is 0 Å². The molecule has 150 valence electrons. The fraction of sp³-hybridized carbons (Fsp3) is 0.143. The van der Waals surface area contributed by atoms with E-state index in [-0.39, 0.29) is 5.56 Å². The van der Waals surface area contributed by atoms with E-state index in [1.807, 2.05) is 0 Å². The molecule has 0 amide bonds. The van der Waals surface area contributed by atoms with Crippen LogP contribution in [0.1, 0.15) is 12.0 Å². The molecule has 1 aromatic carbocycles. The Bertz CT molecular complexity index is 1150. The summed E-state index contributed by atoms with van der Waals surface area (Å²) in [5, 5.41) is 21.5. The average Bonchev–Trinajstić information content (AvgIpc) is 2.58. The number of nitro benzene ring substituents is 1. The van der Waals surface area contributed by atoms with Gasteiger partial charge in [-0.2, -0.15) is 16.8 Å². The van der Waals surface area contributed by atoms with Crippen molar-refractivity contribution in [2.75, 3.05) is 0 Å². The second-order valence-electron chi connectivity index (χ2n) is 5.64. The molecule has 1 atom stereocenters. The van der Waals surface area contributed by atoms with Crippen LogP contribution in [0, 0.1) is 20.2 Å². The lowest BCUT2D eigenvalue weighted by Crippen LogP contribution is -2.35. The van der Waals surface area contributed by atoms with Crippen LogP contribution in [0.15, 0.2) is 53.1 Å². The molecule has 0 saturated carbocycles. The quantitative estimate of drug-likeness (QED) is 0.378. The first kappa shape index (κ1) is 21.4. The summed E-state index contributed by atoms with van der Waals surface area (Å²) in [6.07, 6.45) is 3.93. The van der Waals surface area contributed by atoms with Crippen LogP contribution in [0.3, 0.4) is 0 Å². The molecular formula is C14H12N2O10S2. The molecule has 1 aliphatic carbocycles. The van der Waals surface area contributed by atoms with Crippen LogP contribution >= 0.6 is 0 Å². The van der Waals surface area contributed by atoms with E-state index < -0.39 is 57.5 Å². The van der Waals surface area contributed by atoms with Crippen molar-refractivity contribution in [3.05, 3.63) is 74.0 Å². The van der Waals surface area contributed by atoms with E-state index in [2.05, 4.69) is 0 Å². The summed E-state index contributed by atoms with van der Waals surface area (Å²) in [6.45, 7) is 0. The summed E-state index contributed by atoms with van der Waals surface area (Å²) in [7, 11) is -9.74. The van der Waals surface area contributed by atoms with E-state index in [0.717, 1.165) is 42.5 Å². The molecule has 14 heteroatoms. The van der Waals surface area contributed by atoms with E-state index in [0.29, 0.717) is 6.07 Å². The Balaban J connectivity index is 2.58. The number of non-ortho nitro benzene ring substituents is 1. The van der Waals surface area contributed by atoms with Gasteiger partial charge in [-0.05, 0) is 17.7 Å². The Kier molecular flexibility index (Phi) is 5.52. The molecule has 2 N–H and O–H groups in total. The van der Waals surface area contributed by atoms with Gasteiger partial charge in [0.25, 0.3) is 31.6 Å². The molecular weight excluding hydrogens is 420 g/mol. The van der Waals surface area contributed by atoms with Gasteiger partial charge in [-0.1, -0.05) is 18.2 Å². The largest absolute Gasteiger partial charge is 0.295 e. The first-order valence-electron chi connectivity index (χ1n) is 7.23. The third kappa shape index (κ3) is 4.30. The molecule has 2 rings (SSSR count). The molecule has 0 saturated heterocycles. The van der Waals surface area contributed by atoms with Crippen molar-refractivity contribution in [3.63, 3.8) is 0 Å². The van der Waals surface area contributed by atoms with Crippen molar-refractivity contribution in [1.29, 1.82) is 0 Å². The molecule has 1 aromatic rings. The first-order chi connectivity index (χ1) is 12.8. The van der Waals surface area contributed by atoms with Gasteiger partial charge in [-0.3, -0.25) is 29.3 Å². The lowest BCUT2D eigenvalue weighted by atomic mass is 9.97. The van der Waals surface area contributed by atoms with Crippen molar-refractivity contribution >= 4 is 32.0 Å². The summed E-state index contributed by atoms with van der Waals surface area (Å²) in [4.78, 5) is 19.0. The fourth-order valence-electron chi connectivity index (χ4n) is 2.39. The molecule has 0 heterocycles. The molecule has 0 aliphatic heterocycles. The molecule has 12 nitrogen and oxygen atoms in total. The first-order valence-corrected chi connectivity index (χ1v) is 10.1. The van der Waals surface area contributed by atoms with E-state index in [1.54, 1.807) is 0 Å². The zero-order valence-electron chi connectivity index (χ0n) is 13.7. The normalized spacial score (nSPS) is 20.1. The minimum absolute atomic E-state index is 0.298. The van der Waals surface area contributed by atoms with Crippen molar-refractivity contribution in [2.24, 2.45) is 0 Å². The summed E-state index contributed by atoms with van der Waals surface area (Å²) in [5.74, 6) is 0. The van der Waals surface area contributed by atoms with Crippen molar-refractivity contribution < 1.29 is 35.8 Å². The Labute approximate surface area is 158 Å². The Morgan fingerprint density at radius 3 is 2.14 bits per heavy atom. The highest BCUT2D eigenvalue weighted by atomic mass is 32.2. The third-order valence-corrected chi connectivity index (χ3v) is 6.20. The van der Waals surface area contributed by atoms with E-state index in [4.69, 9.17) is 0 Å². The van der Waals surface area contributed by atoms with Gasteiger partial charge in [0.15, 0.2) is 0 Å². The predicted molar refractivity (Wildman–Crippen MR) is 95.1 cm³/mol. The smallest absolute Gasteiger partial charge is 0.285 e. The molecule has 1 aliphatic rings. The average molecular weight is 432 g/mol. The minimum Gasteiger partial charge on any atom is -0.285 e. The standard InChI is InChI=1S/C14H12N2O10S2/c17-15(18)11-4-7-14(8-5-11,28(24,25)26)6-3-10-1-2-12(16(19)20)9-13(10)27(21,22)23/h1-7,9H,8H2,(H,21,22,23)(H,24,25,26). The highest BCUT2D eigenvalue weighted by molar-refractivity contribution is 7.87. The number of rotatable bonds is 6. The summed E-state index contributed by atoms with van der Waals surface area (Å²) < 4.78 is 63.4. The van der Waals surface area contributed by atoms with E-state index >= 15 is 0 Å². The van der Waals surface area contributed by atoms with Crippen molar-refractivity contribution in [3.8, 4) is 0 Å². The fourth-order valence-corrected chi connectivity index (χ4v) is 3.87. The third-order valence-electron chi connectivity index (χ3n) is 3.89. The molecule has 0 aromatic heterocycles. The highest BCUT2D eigenvalue weighted by Gasteiger charge is 2.40. The van der Waals surface area contributed by atoms with Gasteiger partial charge in [-0.15, -0.1) is 0 Å². The molecule has 0 spiro atoms. The maximum Gasteiger partial charge on any atom is 0.295 e. The summed E-state index contributed by atoms with van der Waals surface area (Å²) in [6, 6.07) is 2.47. The maximum absolute atomic E-state index is 11.8. The number of allylic oxidation sites excluding steroid dienone is 2. The second-order valence-corrected chi connectivity index (χ2v) is 8.74. The molecule has 28 heavy (non-hydrogen) atoms. The maximum atomic E-state index is 11.8. The number of hydrogen-bond donors (Lipinski definition) is 2. The lowest BCUT2D eigenvalue weighted by Gasteiger charge is -2.24. The predicted octanol–water partition coefficient (Wildman–Crippen LogP) is 1.60.